The minimum Gasteiger partial charge on any atom is -0.347 e. The van der Waals surface area contributed by atoms with Gasteiger partial charge in [-0.3, -0.25) is 0 Å². The first kappa shape index (κ1) is 22.9. The Morgan fingerprint density at radius 1 is 1.19 bits per heavy atom. The van der Waals surface area contributed by atoms with Gasteiger partial charge in [0.05, 0.1) is 11.4 Å². The Balaban J connectivity index is 1.35. The molecule has 2 aliphatic rings. The summed E-state index contributed by atoms with van der Waals surface area (Å²) in [5, 5.41) is 0.939. The van der Waals surface area contributed by atoms with E-state index in [-0.39, 0.29) is 23.5 Å². The van der Waals surface area contributed by atoms with Gasteiger partial charge in [0, 0.05) is 61.5 Å². The molecule has 0 unspecified atom stereocenters. The van der Waals surface area contributed by atoms with Crippen molar-refractivity contribution in [3.05, 3.63) is 35.4 Å². The SMILES string of the molecule is CC(C)c1nsc(N2CCC(N3CCN(Cc4ccc(S(C)(=O)=O)cc4F)C3=O)CC2)n1. The molecule has 2 aliphatic heterocycles. The number of rotatable bonds is 6. The van der Waals surface area contributed by atoms with Crippen LogP contribution in [-0.4, -0.2) is 72.1 Å². The van der Waals surface area contributed by atoms with E-state index >= 15 is 0 Å². The van der Waals surface area contributed by atoms with E-state index in [2.05, 4.69) is 28.1 Å². The van der Waals surface area contributed by atoms with Crippen LogP contribution >= 0.6 is 11.5 Å². The molecular weight excluding hydrogens is 453 g/mol. The van der Waals surface area contributed by atoms with Crippen LogP contribution in [0.25, 0.3) is 0 Å². The lowest BCUT2D eigenvalue weighted by Crippen LogP contribution is -2.46. The van der Waals surface area contributed by atoms with E-state index in [4.69, 9.17) is 0 Å². The van der Waals surface area contributed by atoms with Crippen LogP contribution in [0.3, 0.4) is 0 Å². The lowest BCUT2D eigenvalue weighted by molar-refractivity contribution is 0.167. The number of anilines is 1. The van der Waals surface area contributed by atoms with Gasteiger partial charge < -0.3 is 14.7 Å². The van der Waals surface area contributed by atoms with Gasteiger partial charge in [0.2, 0.25) is 5.13 Å². The molecule has 174 valence electrons. The molecule has 0 saturated carbocycles. The summed E-state index contributed by atoms with van der Waals surface area (Å²) >= 11 is 1.43. The number of carbonyl (C=O) groups is 1. The predicted octanol–water partition coefficient (Wildman–Crippen LogP) is 3.11. The number of piperidine rings is 1. The van der Waals surface area contributed by atoms with E-state index in [0.29, 0.717) is 24.6 Å². The van der Waals surface area contributed by atoms with Gasteiger partial charge in [0.25, 0.3) is 0 Å². The first-order valence-corrected chi connectivity index (χ1v) is 13.4. The zero-order chi connectivity index (χ0) is 23.0. The summed E-state index contributed by atoms with van der Waals surface area (Å²) in [6, 6.07) is 3.93. The molecular formula is C21H28FN5O3S2. The molecule has 0 bridgehead atoms. The van der Waals surface area contributed by atoms with Gasteiger partial charge in [-0.2, -0.15) is 4.37 Å². The van der Waals surface area contributed by atoms with E-state index in [0.717, 1.165) is 49.2 Å². The summed E-state index contributed by atoms with van der Waals surface area (Å²) in [6.07, 6.45) is 2.75. The monoisotopic (exact) mass is 481 g/mol. The molecule has 2 fully saturated rings. The van der Waals surface area contributed by atoms with Gasteiger partial charge in [0.15, 0.2) is 9.84 Å². The lowest BCUT2D eigenvalue weighted by Gasteiger charge is -2.36. The third-order valence-corrected chi connectivity index (χ3v) is 7.97. The average Bonchev–Trinajstić information content (AvgIpc) is 3.37. The second-order valence-electron chi connectivity index (χ2n) is 8.73. The van der Waals surface area contributed by atoms with E-state index in [1.165, 1.54) is 23.7 Å². The first-order valence-electron chi connectivity index (χ1n) is 10.8. The van der Waals surface area contributed by atoms with Gasteiger partial charge in [-0.15, -0.1) is 0 Å². The van der Waals surface area contributed by atoms with Crippen LogP contribution < -0.4 is 4.90 Å². The molecule has 0 radical (unpaired) electrons. The number of halogens is 1. The fraction of sp³-hybridized carbons (Fsp3) is 0.571. The highest BCUT2D eigenvalue weighted by molar-refractivity contribution is 7.90. The second-order valence-corrected chi connectivity index (χ2v) is 11.5. The van der Waals surface area contributed by atoms with Crippen LogP contribution in [0.15, 0.2) is 23.1 Å². The summed E-state index contributed by atoms with van der Waals surface area (Å²) in [7, 11) is -3.47. The fourth-order valence-corrected chi connectivity index (χ4v) is 5.63. The molecule has 8 nitrogen and oxygen atoms in total. The molecule has 2 aromatic rings. The molecule has 0 N–H and O–H groups in total. The maximum Gasteiger partial charge on any atom is 0.320 e. The van der Waals surface area contributed by atoms with Crippen LogP contribution in [0.4, 0.5) is 14.3 Å². The highest BCUT2D eigenvalue weighted by Gasteiger charge is 2.36. The normalized spacial score (nSPS) is 18.3. The number of aromatic nitrogens is 2. The number of hydrogen-bond donors (Lipinski definition) is 0. The average molecular weight is 482 g/mol. The molecule has 1 aromatic heterocycles. The zero-order valence-electron chi connectivity index (χ0n) is 18.5. The van der Waals surface area contributed by atoms with Crippen LogP contribution in [0.1, 0.15) is 44.0 Å². The molecule has 0 aliphatic carbocycles. The smallest absolute Gasteiger partial charge is 0.320 e. The van der Waals surface area contributed by atoms with Gasteiger partial charge in [-0.25, -0.2) is 22.6 Å². The Bertz CT molecular complexity index is 1100. The number of amides is 2. The molecule has 0 spiro atoms. The number of hydrogen-bond acceptors (Lipinski definition) is 7. The second kappa shape index (κ2) is 8.93. The highest BCUT2D eigenvalue weighted by atomic mass is 32.2. The molecule has 32 heavy (non-hydrogen) atoms. The Kier molecular flexibility index (Phi) is 6.39. The van der Waals surface area contributed by atoms with Crippen LogP contribution in [0.5, 0.6) is 0 Å². The third-order valence-electron chi connectivity index (χ3n) is 6.06. The number of carbonyl (C=O) groups excluding carboxylic acids is 1. The van der Waals surface area contributed by atoms with Gasteiger partial charge in [-0.1, -0.05) is 19.9 Å². The number of sulfone groups is 1. The van der Waals surface area contributed by atoms with Crippen molar-refractivity contribution >= 4 is 32.5 Å². The number of benzene rings is 1. The van der Waals surface area contributed by atoms with Crippen molar-refractivity contribution in [3.63, 3.8) is 0 Å². The van der Waals surface area contributed by atoms with E-state index in [1.807, 2.05) is 4.90 Å². The first-order chi connectivity index (χ1) is 15.1. The van der Waals surface area contributed by atoms with Crippen LogP contribution in [0, 0.1) is 5.82 Å². The van der Waals surface area contributed by atoms with Crippen molar-refractivity contribution in [3.8, 4) is 0 Å². The molecule has 1 aromatic carbocycles. The van der Waals surface area contributed by atoms with Crippen LogP contribution in [0.2, 0.25) is 0 Å². The maximum absolute atomic E-state index is 14.4. The van der Waals surface area contributed by atoms with Gasteiger partial charge in [0.1, 0.15) is 11.6 Å². The van der Waals surface area contributed by atoms with Crippen molar-refractivity contribution in [1.82, 2.24) is 19.2 Å². The minimum atomic E-state index is -3.47. The van der Waals surface area contributed by atoms with E-state index < -0.39 is 15.7 Å². The molecule has 2 amide bonds. The maximum atomic E-state index is 14.4. The third kappa shape index (κ3) is 4.73. The summed E-state index contributed by atoms with van der Waals surface area (Å²) in [5.74, 6) is 0.567. The Labute approximate surface area is 192 Å². The van der Waals surface area contributed by atoms with Crippen LogP contribution in [-0.2, 0) is 16.4 Å². The summed E-state index contributed by atoms with van der Waals surface area (Å²) in [4.78, 5) is 23.3. The fourth-order valence-electron chi connectivity index (χ4n) is 4.14. The molecule has 2 saturated heterocycles. The van der Waals surface area contributed by atoms with Crippen molar-refractivity contribution in [2.24, 2.45) is 0 Å². The van der Waals surface area contributed by atoms with Crippen molar-refractivity contribution in [2.75, 3.05) is 37.3 Å². The van der Waals surface area contributed by atoms with Crippen molar-refractivity contribution in [1.29, 1.82) is 0 Å². The topological polar surface area (TPSA) is 86.7 Å². The van der Waals surface area contributed by atoms with Crippen molar-refractivity contribution < 1.29 is 17.6 Å². The summed E-state index contributed by atoms with van der Waals surface area (Å²) in [6.45, 7) is 7.07. The number of nitrogens with zero attached hydrogens (tertiary/aromatic N) is 5. The van der Waals surface area contributed by atoms with Gasteiger partial charge >= 0.3 is 6.03 Å². The molecule has 3 heterocycles. The zero-order valence-corrected chi connectivity index (χ0v) is 20.1. The standard InChI is InChI=1S/C21H28FN5O3S2/c1-14(2)19-23-20(31-24-19)25-8-6-16(7-9-25)27-11-10-26(21(27)28)13-15-4-5-17(12-18(15)22)32(3,29)30/h4-5,12,14,16H,6-11,13H2,1-3H3. The lowest BCUT2D eigenvalue weighted by atomic mass is 10.0. The molecule has 0 atom stereocenters. The Hall–Kier alpha value is -2.27. The highest BCUT2D eigenvalue weighted by Crippen LogP contribution is 2.28. The minimum absolute atomic E-state index is 0.0594. The largest absolute Gasteiger partial charge is 0.347 e. The molecule has 4 rings (SSSR count). The quantitative estimate of drug-likeness (QED) is 0.630. The predicted molar refractivity (Wildman–Crippen MR) is 121 cm³/mol. The van der Waals surface area contributed by atoms with Crippen molar-refractivity contribution in [2.45, 2.75) is 50.1 Å². The van der Waals surface area contributed by atoms with Gasteiger partial charge in [-0.05, 0) is 25.0 Å². The summed E-state index contributed by atoms with van der Waals surface area (Å²) in [5.41, 5.74) is 0.319. The summed E-state index contributed by atoms with van der Waals surface area (Å²) < 4.78 is 42.1. The van der Waals surface area contributed by atoms with E-state index in [1.54, 1.807) is 4.90 Å². The van der Waals surface area contributed by atoms with E-state index in [9.17, 15) is 17.6 Å². The Morgan fingerprint density at radius 2 is 1.91 bits per heavy atom. The Morgan fingerprint density at radius 3 is 2.50 bits per heavy atom. The number of urea groups is 1. The molecule has 11 heteroatoms.